The van der Waals surface area contributed by atoms with Gasteiger partial charge < -0.3 is 24.3 Å². The highest BCUT2D eigenvalue weighted by Crippen LogP contribution is 2.41. The SMILES string of the molecule is COCCOCC1=C(C(=O)OC(C)OC(=O)C(C)(C)C)N2C(=O)C(NC(=O)CC(=O)CBr)C2SC1. The largest absolute Gasteiger partial charge is 0.425 e. The second-order valence-electron chi connectivity index (χ2n) is 8.93. The van der Waals surface area contributed by atoms with E-state index in [-0.39, 0.29) is 36.4 Å². The average molecular weight is 579 g/mol. The molecule has 11 nitrogen and oxygen atoms in total. The van der Waals surface area contributed by atoms with E-state index in [9.17, 15) is 24.0 Å². The monoisotopic (exact) mass is 578 g/mol. The van der Waals surface area contributed by atoms with E-state index in [0.717, 1.165) is 0 Å². The second-order valence-corrected chi connectivity index (χ2v) is 10.6. The van der Waals surface area contributed by atoms with Gasteiger partial charge in [-0.15, -0.1) is 11.8 Å². The minimum atomic E-state index is -1.19. The summed E-state index contributed by atoms with van der Waals surface area (Å²) < 4.78 is 21.1. The Balaban J connectivity index is 2.17. The zero-order valence-corrected chi connectivity index (χ0v) is 22.8. The third-order valence-electron chi connectivity index (χ3n) is 4.93. The summed E-state index contributed by atoms with van der Waals surface area (Å²) in [7, 11) is 1.53. The van der Waals surface area contributed by atoms with Crippen molar-refractivity contribution in [1.29, 1.82) is 0 Å². The highest BCUT2D eigenvalue weighted by atomic mass is 79.9. The Kier molecular flexibility index (Phi) is 10.7. The van der Waals surface area contributed by atoms with E-state index in [1.807, 2.05) is 0 Å². The Labute approximate surface area is 216 Å². The van der Waals surface area contributed by atoms with E-state index in [4.69, 9.17) is 18.9 Å². The molecule has 0 aromatic carbocycles. The molecule has 2 heterocycles. The molecule has 0 aromatic heterocycles. The van der Waals surface area contributed by atoms with Crippen LogP contribution >= 0.6 is 27.7 Å². The van der Waals surface area contributed by atoms with Gasteiger partial charge in [0, 0.05) is 19.8 Å². The first-order valence-corrected chi connectivity index (χ1v) is 13.1. The van der Waals surface area contributed by atoms with Crippen molar-refractivity contribution in [1.82, 2.24) is 10.2 Å². The van der Waals surface area contributed by atoms with Crippen LogP contribution in [0.15, 0.2) is 11.3 Å². The first-order chi connectivity index (χ1) is 16.4. The van der Waals surface area contributed by atoms with Gasteiger partial charge in [0.15, 0.2) is 5.78 Å². The number of β-lactam (4-membered cyclic amide) rings is 1. The quantitative estimate of drug-likeness (QED) is 0.0895. The van der Waals surface area contributed by atoms with Crippen molar-refractivity contribution in [2.45, 2.75) is 51.8 Å². The number of thioether (sulfide) groups is 1. The number of Topliss-reactive ketones (excluding diaryl/α,β-unsaturated/α-hetero) is 1. The second kappa shape index (κ2) is 12.8. The van der Waals surface area contributed by atoms with Gasteiger partial charge in [-0.1, -0.05) is 15.9 Å². The molecule has 196 valence electrons. The van der Waals surface area contributed by atoms with Gasteiger partial charge >= 0.3 is 11.9 Å². The van der Waals surface area contributed by atoms with Gasteiger partial charge in [-0.25, -0.2) is 4.79 Å². The van der Waals surface area contributed by atoms with Crippen molar-refractivity contribution in [2.75, 3.05) is 38.0 Å². The number of ether oxygens (including phenoxy) is 4. The molecule has 0 saturated carbocycles. The van der Waals surface area contributed by atoms with Crippen LogP contribution in [0.4, 0.5) is 0 Å². The van der Waals surface area contributed by atoms with Crippen LogP contribution in [0.2, 0.25) is 0 Å². The molecule has 0 radical (unpaired) electrons. The van der Waals surface area contributed by atoms with E-state index in [1.165, 1.54) is 30.7 Å². The van der Waals surface area contributed by atoms with Crippen molar-refractivity contribution in [3.63, 3.8) is 0 Å². The van der Waals surface area contributed by atoms with Crippen LogP contribution in [0.1, 0.15) is 34.1 Å². The third kappa shape index (κ3) is 7.76. The van der Waals surface area contributed by atoms with Crippen LogP contribution in [-0.4, -0.2) is 90.2 Å². The molecule has 3 atom stereocenters. The highest BCUT2D eigenvalue weighted by molar-refractivity contribution is 9.09. The lowest BCUT2D eigenvalue weighted by Crippen LogP contribution is -2.70. The number of methoxy groups -OCH3 is 1. The Morgan fingerprint density at radius 2 is 1.89 bits per heavy atom. The number of nitrogens with zero attached hydrogens (tertiary/aromatic N) is 1. The summed E-state index contributed by atoms with van der Waals surface area (Å²) in [6, 6.07) is -0.884. The predicted octanol–water partition coefficient (Wildman–Crippen LogP) is 1.14. The van der Waals surface area contributed by atoms with E-state index < -0.39 is 46.9 Å². The molecule has 3 unspecified atom stereocenters. The lowest BCUT2D eigenvalue weighted by atomic mass is 9.97. The standard InChI is InChI=1S/C22H31BrN2O9S/c1-12(34-21(30)22(2,3)4)33-20(29)17-13(10-32-7-6-31-5)11-35-19-16(18(28)25(17)19)24-15(27)8-14(26)9-23/h12,16,19H,6-11H2,1-5H3,(H,24,27). The van der Waals surface area contributed by atoms with Gasteiger partial charge in [0.2, 0.25) is 12.2 Å². The number of hydrogen-bond donors (Lipinski definition) is 1. The third-order valence-corrected chi connectivity index (χ3v) is 6.90. The number of rotatable bonds is 12. The molecular weight excluding hydrogens is 548 g/mol. The van der Waals surface area contributed by atoms with Crippen LogP contribution in [0, 0.1) is 5.41 Å². The van der Waals surface area contributed by atoms with Crippen molar-refractivity contribution in [3.05, 3.63) is 11.3 Å². The van der Waals surface area contributed by atoms with Crippen LogP contribution in [-0.2, 0) is 42.9 Å². The Morgan fingerprint density at radius 1 is 1.20 bits per heavy atom. The molecule has 1 fully saturated rings. The van der Waals surface area contributed by atoms with E-state index in [0.29, 0.717) is 17.9 Å². The minimum absolute atomic E-state index is 0.00291. The van der Waals surface area contributed by atoms with Crippen LogP contribution in [0.25, 0.3) is 0 Å². The van der Waals surface area contributed by atoms with Gasteiger partial charge in [-0.3, -0.25) is 24.1 Å². The number of halogens is 1. The number of hydrogen-bond acceptors (Lipinski definition) is 10. The molecule has 2 amide bonds. The van der Waals surface area contributed by atoms with E-state index in [1.54, 1.807) is 20.8 Å². The molecule has 2 aliphatic rings. The maximum absolute atomic E-state index is 13.1. The fourth-order valence-corrected chi connectivity index (χ4v) is 4.65. The van der Waals surface area contributed by atoms with Crippen LogP contribution in [0.5, 0.6) is 0 Å². The zero-order valence-electron chi connectivity index (χ0n) is 20.4. The van der Waals surface area contributed by atoms with Gasteiger partial charge in [-0.2, -0.15) is 0 Å². The minimum Gasteiger partial charge on any atom is -0.425 e. The molecular formula is C22H31BrN2O9S. The number of fused-ring (bicyclic) bond motifs is 1. The Bertz CT molecular complexity index is 887. The predicted molar refractivity (Wildman–Crippen MR) is 129 cm³/mol. The molecule has 1 N–H and O–H groups in total. The topological polar surface area (TPSA) is 138 Å². The van der Waals surface area contributed by atoms with E-state index >= 15 is 0 Å². The number of carbonyl (C=O) groups is 5. The lowest BCUT2D eigenvalue weighted by Gasteiger charge is -2.49. The maximum atomic E-state index is 13.1. The van der Waals surface area contributed by atoms with Crippen molar-refractivity contribution < 1.29 is 42.9 Å². The zero-order chi connectivity index (χ0) is 26.3. The van der Waals surface area contributed by atoms with Crippen LogP contribution < -0.4 is 5.32 Å². The first kappa shape index (κ1) is 29.3. The van der Waals surface area contributed by atoms with Crippen molar-refractivity contribution in [2.24, 2.45) is 5.41 Å². The summed E-state index contributed by atoms with van der Waals surface area (Å²) in [5, 5.41) is 2.05. The molecule has 35 heavy (non-hydrogen) atoms. The molecule has 0 aliphatic carbocycles. The summed E-state index contributed by atoms with van der Waals surface area (Å²) >= 11 is 4.35. The number of amides is 2. The van der Waals surface area contributed by atoms with Gasteiger partial charge in [0.1, 0.15) is 17.1 Å². The summed E-state index contributed by atoms with van der Waals surface area (Å²) in [6.45, 7) is 7.12. The summed E-state index contributed by atoms with van der Waals surface area (Å²) in [5.41, 5.74) is -0.270. The molecule has 1 saturated heterocycles. The molecule has 0 bridgehead atoms. The summed E-state index contributed by atoms with van der Waals surface area (Å²) in [5.74, 6) is -2.45. The maximum Gasteiger partial charge on any atom is 0.358 e. The fourth-order valence-electron chi connectivity index (χ4n) is 3.13. The average Bonchev–Trinajstić information content (AvgIpc) is 2.78. The Morgan fingerprint density at radius 3 is 2.49 bits per heavy atom. The van der Waals surface area contributed by atoms with Crippen molar-refractivity contribution >= 4 is 57.2 Å². The van der Waals surface area contributed by atoms with Gasteiger partial charge in [0.05, 0.1) is 37.0 Å². The number of nitrogens with one attached hydrogen (secondary N) is 1. The number of carbonyl (C=O) groups excluding carboxylic acids is 5. The first-order valence-electron chi connectivity index (χ1n) is 10.9. The fraction of sp³-hybridized carbons (Fsp3) is 0.682. The Hall–Kier alpha value is -1.96. The molecule has 13 heteroatoms. The lowest BCUT2D eigenvalue weighted by molar-refractivity contribution is -0.190. The van der Waals surface area contributed by atoms with Gasteiger partial charge in [0.25, 0.3) is 5.91 Å². The highest BCUT2D eigenvalue weighted by Gasteiger charge is 2.54. The molecule has 2 aliphatic heterocycles. The smallest absolute Gasteiger partial charge is 0.358 e. The number of esters is 2. The van der Waals surface area contributed by atoms with Gasteiger partial charge in [-0.05, 0) is 26.3 Å². The summed E-state index contributed by atoms with van der Waals surface area (Å²) in [6.07, 6.45) is -1.54. The van der Waals surface area contributed by atoms with Crippen LogP contribution in [0.3, 0.4) is 0 Å². The molecule has 0 spiro atoms. The van der Waals surface area contributed by atoms with Crippen molar-refractivity contribution in [3.8, 4) is 0 Å². The molecule has 0 aromatic rings. The van der Waals surface area contributed by atoms with E-state index in [2.05, 4.69) is 21.2 Å². The molecule has 2 rings (SSSR count). The number of alkyl halides is 1. The summed E-state index contributed by atoms with van der Waals surface area (Å²) in [4.78, 5) is 63.1. The number of ketones is 1. The normalized spacial score (nSPS) is 20.5.